The fourth-order valence-electron chi connectivity index (χ4n) is 3.10. The molecule has 0 unspecified atom stereocenters. The molecule has 0 aromatic carbocycles. The summed E-state index contributed by atoms with van der Waals surface area (Å²) in [6.45, 7) is 4.35. The van der Waals surface area contributed by atoms with Crippen LogP contribution in [0.5, 0.6) is 0 Å². The third-order valence-corrected chi connectivity index (χ3v) is 5.02. The summed E-state index contributed by atoms with van der Waals surface area (Å²) >= 11 is 1.59. The molecule has 2 aromatic heterocycles. The van der Waals surface area contributed by atoms with Crippen LogP contribution in [-0.4, -0.2) is 41.5 Å². The van der Waals surface area contributed by atoms with E-state index in [1.165, 1.54) is 23.4 Å². The smallest absolute Gasteiger partial charge is 0.180 e. The summed E-state index contributed by atoms with van der Waals surface area (Å²) in [7, 11) is 2.19. The highest BCUT2D eigenvalue weighted by Crippen LogP contribution is 2.24. The Balaban J connectivity index is 1.45. The standard InChI is InChI=1S/C16H23N5S/c1-20(12-15-10-19-16(17)22-15)11-13-4-8-21(9-5-13)14-2-6-18-7-3-14/h2-3,6-7,10,13H,4-5,8-9,11-12H2,1H3,(H2,17,19). The minimum absolute atomic E-state index is 0.661. The van der Waals surface area contributed by atoms with Gasteiger partial charge in [-0.05, 0) is 37.9 Å². The first-order valence-electron chi connectivity index (χ1n) is 7.74. The lowest BCUT2D eigenvalue weighted by Gasteiger charge is -2.35. The third kappa shape index (κ3) is 3.96. The van der Waals surface area contributed by atoms with Gasteiger partial charge in [-0.3, -0.25) is 4.98 Å². The van der Waals surface area contributed by atoms with Crippen molar-refractivity contribution in [3.8, 4) is 0 Å². The minimum atomic E-state index is 0.661. The minimum Gasteiger partial charge on any atom is -0.375 e. The van der Waals surface area contributed by atoms with Gasteiger partial charge < -0.3 is 15.5 Å². The molecular formula is C16H23N5S. The second-order valence-corrected chi connectivity index (χ2v) is 7.14. The molecule has 2 N–H and O–H groups in total. The molecule has 1 fully saturated rings. The summed E-state index contributed by atoms with van der Waals surface area (Å²) in [6, 6.07) is 4.20. The van der Waals surface area contributed by atoms with Crippen LogP contribution in [0.1, 0.15) is 17.7 Å². The van der Waals surface area contributed by atoms with Crippen LogP contribution < -0.4 is 10.6 Å². The third-order valence-electron chi connectivity index (χ3n) is 4.21. The number of nitrogens with zero attached hydrogens (tertiary/aromatic N) is 4. The molecule has 1 aliphatic rings. The van der Waals surface area contributed by atoms with Gasteiger partial charge in [-0.25, -0.2) is 4.98 Å². The first-order chi connectivity index (χ1) is 10.7. The average molecular weight is 317 g/mol. The summed E-state index contributed by atoms with van der Waals surface area (Å²) in [5.74, 6) is 0.772. The van der Waals surface area contributed by atoms with E-state index < -0.39 is 0 Å². The molecule has 0 bridgehead atoms. The number of anilines is 2. The number of nitrogen functional groups attached to an aromatic ring is 1. The summed E-state index contributed by atoms with van der Waals surface area (Å²) in [6.07, 6.45) is 8.13. The highest BCUT2D eigenvalue weighted by atomic mass is 32.1. The number of hydrogen-bond donors (Lipinski definition) is 1. The molecule has 1 aliphatic heterocycles. The van der Waals surface area contributed by atoms with Crippen molar-refractivity contribution in [1.29, 1.82) is 0 Å². The molecule has 0 radical (unpaired) electrons. The number of aromatic nitrogens is 2. The van der Waals surface area contributed by atoms with Crippen molar-refractivity contribution in [1.82, 2.24) is 14.9 Å². The van der Waals surface area contributed by atoms with E-state index in [0.717, 1.165) is 32.1 Å². The fraction of sp³-hybridized carbons (Fsp3) is 0.500. The second-order valence-electron chi connectivity index (χ2n) is 6.00. The topological polar surface area (TPSA) is 58.3 Å². The predicted octanol–water partition coefficient (Wildman–Crippen LogP) is 2.47. The van der Waals surface area contributed by atoms with E-state index >= 15 is 0 Å². The van der Waals surface area contributed by atoms with Crippen molar-refractivity contribution in [2.75, 3.05) is 37.3 Å². The zero-order valence-corrected chi connectivity index (χ0v) is 13.8. The van der Waals surface area contributed by atoms with Crippen LogP contribution in [0, 0.1) is 5.92 Å². The number of piperidine rings is 1. The van der Waals surface area contributed by atoms with Gasteiger partial charge in [0.2, 0.25) is 0 Å². The van der Waals surface area contributed by atoms with Crippen LogP contribution in [0.3, 0.4) is 0 Å². The normalized spacial score (nSPS) is 16.4. The molecule has 0 amide bonds. The highest BCUT2D eigenvalue weighted by Gasteiger charge is 2.20. The van der Waals surface area contributed by atoms with Gasteiger partial charge >= 0.3 is 0 Å². The lowest BCUT2D eigenvalue weighted by Crippen LogP contribution is -2.37. The van der Waals surface area contributed by atoms with Crippen LogP contribution in [-0.2, 0) is 6.54 Å². The Morgan fingerprint density at radius 2 is 2.05 bits per heavy atom. The second kappa shape index (κ2) is 7.07. The Morgan fingerprint density at radius 1 is 1.32 bits per heavy atom. The van der Waals surface area contributed by atoms with E-state index in [2.05, 4.69) is 38.9 Å². The molecule has 3 heterocycles. The average Bonchev–Trinajstić information content (AvgIpc) is 2.94. The van der Waals surface area contributed by atoms with E-state index in [1.54, 1.807) is 11.3 Å². The SMILES string of the molecule is CN(Cc1cnc(N)s1)CC1CCN(c2ccncc2)CC1. The number of hydrogen-bond acceptors (Lipinski definition) is 6. The van der Waals surface area contributed by atoms with Gasteiger partial charge in [0.25, 0.3) is 0 Å². The van der Waals surface area contributed by atoms with Crippen molar-refractivity contribution >= 4 is 22.2 Å². The Morgan fingerprint density at radius 3 is 2.68 bits per heavy atom. The van der Waals surface area contributed by atoms with E-state index in [4.69, 9.17) is 5.73 Å². The summed E-state index contributed by atoms with van der Waals surface area (Å²) in [4.78, 5) is 14.3. The first kappa shape index (κ1) is 15.2. The molecule has 22 heavy (non-hydrogen) atoms. The van der Waals surface area contributed by atoms with Gasteiger partial charge in [-0.15, -0.1) is 11.3 Å². The molecule has 0 spiro atoms. The van der Waals surface area contributed by atoms with Gasteiger partial charge in [-0.1, -0.05) is 0 Å². The maximum atomic E-state index is 5.69. The van der Waals surface area contributed by atoms with Gasteiger partial charge in [0, 0.05) is 55.3 Å². The van der Waals surface area contributed by atoms with Crippen LogP contribution in [0.15, 0.2) is 30.7 Å². The monoisotopic (exact) mass is 317 g/mol. The van der Waals surface area contributed by atoms with Gasteiger partial charge in [0.15, 0.2) is 5.13 Å². The maximum Gasteiger partial charge on any atom is 0.180 e. The van der Waals surface area contributed by atoms with Crippen molar-refractivity contribution in [3.63, 3.8) is 0 Å². The largest absolute Gasteiger partial charge is 0.375 e. The molecule has 2 aromatic rings. The Bertz CT molecular complexity index is 577. The van der Waals surface area contributed by atoms with Crippen molar-refractivity contribution in [3.05, 3.63) is 35.6 Å². The number of pyridine rings is 1. The van der Waals surface area contributed by atoms with E-state index in [9.17, 15) is 0 Å². The lowest BCUT2D eigenvalue weighted by molar-refractivity contribution is 0.244. The number of rotatable bonds is 5. The van der Waals surface area contributed by atoms with Gasteiger partial charge in [0.05, 0.1) is 0 Å². The summed E-state index contributed by atoms with van der Waals surface area (Å²) in [5, 5.41) is 0.661. The zero-order valence-electron chi connectivity index (χ0n) is 13.0. The molecule has 5 nitrogen and oxygen atoms in total. The van der Waals surface area contributed by atoms with Gasteiger partial charge in [-0.2, -0.15) is 0 Å². The van der Waals surface area contributed by atoms with Crippen LogP contribution >= 0.6 is 11.3 Å². The summed E-state index contributed by atoms with van der Waals surface area (Å²) in [5.41, 5.74) is 6.98. The predicted molar refractivity (Wildman–Crippen MR) is 92.0 cm³/mol. The van der Waals surface area contributed by atoms with Crippen LogP contribution in [0.2, 0.25) is 0 Å². The van der Waals surface area contributed by atoms with E-state index in [1.807, 2.05) is 18.6 Å². The van der Waals surface area contributed by atoms with Crippen LogP contribution in [0.4, 0.5) is 10.8 Å². The quantitative estimate of drug-likeness (QED) is 0.918. The summed E-state index contributed by atoms with van der Waals surface area (Å²) < 4.78 is 0. The molecule has 0 atom stereocenters. The lowest BCUT2D eigenvalue weighted by atomic mass is 9.96. The molecule has 0 saturated carbocycles. The highest BCUT2D eigenvalue weighted by molar-refractivity contribution is 7.15. The molecule has 118 valence electrons. The van der Waals surface area contributed by atoms with Crippen molar-refractivity contribution in [2.24, 2.45) is 5.92 Å². The van der Waals surface area contributed by atoms with Crippen molar-refractivity contribution < 1.29 is 0 Å². The Labute approximate surface area is 135 Å². The molecule has 0 aliphatic carbocycles. The molecular weight excluding hydrogens is 294 g/mol. The molecule has 1 saturated heterocycles. The number of thiazole rings is 1. The number of nitrogens with two attached hydrogens (primary N) is 1. The van der Waals surface area contributed by atoms with E-state index in [0.29, 0.717) is 5.13 Å². The first-order valence-corrected chi connectivity index (χ1v) is 8.56. The zero-order chi connectivity index (χ0) is 15.4. The molecule has 6 heteroatoms. The maximum absolute atomic E-state index is 5.69. The Hall–Kier alpha value is -1.66. The molecule has 3 rings (SSSR count). The van der Waals surface area contributed by atoms with Crippen LogP contribution in [0.25, 0.3) is 0 Å². The Kier molecular flexibility index (Phi) is 4.90. The van der Waals surface area contributed by atoms with Crippen molar-refractivity contribution in [2.45, 2.75) is 19.4 Å². The van der Waals surface area contributed by atoms with Gasteiger partial charge in [0.1, 0.15) is 0 Å². The fourth-order valence-corrected chi connectivity index (χ4v) is 3.86. The van der Waals surface area contributed by atoms with E-state index in [-0.39, 0.29) is 0 Å².